The van der Waals surface area contributed by atoms with Crippen molar-refractivity contribution in [1.82, 2.24) is 4.98 Å². The van der Waals surface area contributed by atoms with Crippen molar-refractivity contribution < 1.29 is 5.11 Å². The molecule has 0 bridgehead atoms. The Bertz CT molecular complexity index is 300. The molecule has 0 atom stereocenters. The highest BCUT2D eigenvalue weighted by Gasteiger charge is 2.28. The van der Waals surface area contributed by atoms with Gasteiger partial charge in [-0.25, -0.2) is 0 Å². The van der Waals surface area contributed by atoms with Crippen molar-refractivity contribution in [2.75, 3.05) is 0 Å². The van der Waals surface area contributed by atoms with Gasteiger partial charge in [-0.05, 0) is 18.9 Å². The summed E-state index contributed by atoms with van der Waals surface area (Å²) in [4.78, 5) is 4.15. The molecule has 2 heteroatoms. The summed E-state index contributed by atoms with van der Waals surface area (Å²) in [5.41, 5.74) is 0.315. The standard InChI is InChI=1S/C16H27NO/c1-3-5-7-11-16(18,12-8-6-4-2)15-10-9-13-17-14-15/h9-10,13-14,18H,3-8,11-12H2,1-2H3. The summed E-state index contributed by atoms with van der Waals surface area (Å²) in [6, 6.07) is 3.92. The van der Waals surface area contributed by atoms with Gasteiger partial charge in [-0.3, -0.25) is 4.98 Å². The summed E-state index contributed by atoms with van der Waals surface area (Å²) in [5, 5.41) is 10.9. The maximum atomic E-state index is 10.9. The van der Waals surface area contributed by atoms with Crippen LogP contribution < -0.4 is 0 Å². The number of rotatable bonds is 9. The first kappa shape index (κ1) is 15.2. The van der Waals surface area contributed by atoms with Crippen molar-refractivity contribution in [3.05, 3.63) is 30.1 Å². The minimum Gasteiger partial charge on any atom is -0.385 e. The van der Waals surface area contributed by atoms with E-state index >= 15 is 0 Å². The van der Waals surface area contributed by atoms with Crippen LogP contribution in [0.5, 0.6) is 0 Å². The lowest BCUT2D eigenvalue weighted by atomic mass is 9.84. The SMILES string of the molecule is CCCCCC(O)(CCCCC)c1cccnc1. The van der Waals surface area contributed by atoms with Crippen LogP contribution in [0.3, 0.4) is 0 Å². The van der Waals surface area contributed by atoms with Crippen molar-refractivity contribution in [3.8, 4) is 0 Å². The monoisotopic (exact) mass is 249 g/mol. The second-order valence-electron chi connectivity index (χ2n) is 5.19. The number of hydrogen-bond donors (Lipinski definition) is 1. The molecular weight excluding hydrogens is 222 g/mol. The molecule has 1 N–H and O–H groups in total. The van der Waals surface area contributed by atoms with E-state index in [1.165, 1.54) is 25.7 Å². The third-order valence-corrected chi connectivity index (χ3v) is 3.59. The number of unbranched alkanes of at least 4 members (excludes halogenated alkanes) is 4. The Balaban J connectivity index is 2.67. The molecule has 1 aromatic rings. The number of hydrogen-bond acceptors (Lipinski definition) is 2. The van der Waals surface area contributed by atoms with E-state index in [4.69, 9.17) is 0 Å². The van der Waals surface area contributed by atoms with E-state index in [-0.39, 0.29) is 0 Å². The lowest BCUT2D eigenvalue weighted by molar-refractivity contribution is 0.0131. The van der Waals surface area contributed by atoms with Gasteiger partial charge in [0, 0.05) is 18.0 Å². The summed E-state index contributed by atoms with van der Waals surface area (Å²) in [6.07, 6.45) is 12.2. The zero-order valence-corrected chi connectivity index (χ0v) is 11.9. The van der Waals surface area contributed by atoms with Gasteiger partial charge in [0.15, 0.2) is 0 Å². The Morgan fingerprint density at radius 2 is 1.67 bits per heavy atom. The molecular formula is C16H27NO. The van der Waals surface area contributed by atoms with E-state index < -0.39 is 5.60 Å². The minimum absolute atomic E-state index is 0.668. The van der Waals surface area contributed by atoms with E-state index in [1.54, 1.807) is 6.20 Å². The van der Waals surface area contributed by atoms with E-state index in [0.717, 1.165) is 31.2 Å². The highest BCUT2D eigenvalue weighted by molar-refractivity contribution is 5.17. The minimum atomic E-state index is -0.668. The average Bonchev–Trinajstić information content (AvgIpc) is 2.40. The molecule has 102 valence electrons. The fraction of sp³-hybridized carbons (Fsp3) is 0.688. The van der Waals surface area contributed by atoms with E-state index in [0.29, 0.717) is 0 Å². The molecule has 1 aromatic heterocycles. The van der Waals surface area contributed by atoms with Crippen LogP contribution in [0.25, 0.3) is 0 Å². The first-order valence-electron chi connectivity index (χ1n) is 7.36. The van der Waals surface area contributed by atoms with Gasteiger partial charge in [-0.1, -0.05) is 58.4 Å². The predicted octanol–water partition coefficient (Wildman–Crippen LogP) is 4.43. The Kier molecular flexibility index (Phi) is 6.96. The largest absolute Gasteiger partial charge is 0.385 e. The predicted molar refractivity (Wildman–Crippen MR) is 76.4 cm³/mol. The molecule has 0 aromatic carbocycles. The van der Waals surface area contributed by atoms with Crippen LogP contribution in [0.15, 0.2) is 24.5 Å². The molecule has 0 fully saturated rings. The number of nitrogens with zero attached hydrogens (tertiary/aromatic N) is 1. The second kappa shape index (κ2) is 8.25. The highest BCUT2D eigenvalue weighted by Crippen LogP contribution is 2.32. The molecule has 0 saturated heterocycles. The number of aromatic nitrogens is 1. The fourth-order valence-corrected chi connectivity index (χ4v) is 2.39. The van der Waals surface area contributed by atoms with Gasteiger partial charge in [-0.2, -0.15) is 0 Å². The zero-order valence-electron chi connectivity index (χ0n) is 11.9. The highest BCUT2D eigenvalue weighted by atomic mass is 16.3. The van der Waals surface area contributed by atoms with Crippen molar-refractivity contribution in [3.63, 3.8) is 0 Å². The number of aliphatic hydroxyl groups is 1. The van der Waals surface area contributed by atoms with Crippen molar-refractivity contribution >= 4 is 0 Å². The maximum Gasteiger partial charge on any atom is 0.0911 e. The molecule has 0 unspecified atom stereocenters. The third kappa shape index (κ3) is 4.77. The molecule has 18 heavy (non-hydrogen) atoms. The molecule has 2 nitrogen and oxygen atoms in total. The molecule has 1 rings (SSSR count). The Morgan fingerprint density at radius 3 is 2.11 bits per heavy atom. The van der Waals surface area contributed by atoms with Crippen molar-refractivity contribution in [2.45, 2.75) is 70.8 Å². The van der Waals surface area contributed by atoms with E-state index in [2.05, 4.69) is 18.8 Å². The molecule has 0 aliphatic carbocycles. The van der Waals surface area contributed by atoms with Crippen LogP contribution in [0, 0.1) is 0 Å². The van der Waals surface area contributed by atoms with Gasteiger partial charge in [0.25, 0.3) is 0 Å². The summed E-state index contributed by atoms with van der Waals surface area (Å²) < 4.78 is 0. The quantitative estimate of drug-likeness (QED) is 0.657. The van der Waals surface area contributed by atoms with Crippen LogP contribution in [0.4, 0.5) is 0 Å². The summed E-state index contributed by atoms with van der Waals surface area (Å²) in [5.74, 6) is 0. The summed E-state index contributed by atoms with van der Waals surface area (Å²) >= 11 is 0. The van der Waals surface area contributed by atoms with Gasteiger partial charge in [0.1, 0.15) is 0 Å². The smallest absolute Gasteiger partial charge is 0.0911 e. The number of pyridine rings is 1. The Labute approximate surface area is 111 Å². The molecule has 0 aliphatic heterocycles. The zero-order chi connectivity index (χ0) is 13.3. The third-order valence-electron chi connectivity index (χ3n) is 3.59. The van der Waals surface area contributed by atoms with Crippen LogP contribution in [-0.4, -0.2) is 10.1 Å². The molecule has 0 saturated carbocycles. The molecule has 0 radical (unpaired) electrons. The fourth-order valence-electron chi connectivity index (χ4n) is 2.39. The van der Waals surface area contributed by atoms with Gasteiger partial charge in [-0.15, -0.1) is 0 Å². The molecule has 0 spiro atoms. The van der Waals surface area contributed by atoms with Gasteiger partial charge < -0.3 is 5.11 Å². The maximum absolute atomic E-state index is 10.9. The van der Waals surface area contributed by atoms with Crippen LogP contribution in [0.2, 0.25) is 0 Å². The second-order valence-corrected chi connectivity index (χ2v) is 5.19. The van der Waals surface area contributed by atoms with Crippen molar-refractivity contribution in [2.24, 2.45) is 0 Å². The van der Waals surface area contributed by atoms with Crippen LogP contribution in [0.1, 0.15) is 70.8 Å². The van der Waals surface area contributed by atoms with E-state index in [9.17, 15) is 5.11 Å². The van der Waals surface area contributed by atoms with Gasteiger partial charge in [0.2, 0.25) is 0 Å². The molecule has 1 heterocycles. The Morgan fingerprint density at radius 1 is 1.06 bits per heavy atom. The summed E-state index contributed by atoms with van der Waals surface area (Å²) in [6.45, 7) is 4.39. The van der Waals surface area contributed by atoms with Crippen LogP contribution >= 0.6 is 0 Å². The summed E-state index contributed by atoms with van der Waals surface area (Å²) in [7, 11) is 0. The van der Waals surface area contributed by atoms with Crippen molar-refractivity contribution in [1.29, 1.82) is 0 Å². The molecule has 0 amide bonds. The first-order chi connectivity index (χ1) is 8.73. The Hall–Kier alpha value is -0.890. The normalized spacial score (nSPS) is 11.7. The average molecular weight is 249 g/mol. The topological polar surface area (TPSA) is 33.1 Å². The first-order valence-corrected chi connectivity index (χ1v) is 7.36. The lowest BCUT2D eigenvalue weighted by Gasteiger charge is -2.28. The van der Waals surface area contributed by atoms with E-state index in [1.807, 2.05) is 18.3 Å². The van der Waals surface area contributed by atoms with Gasteiger partial charge >= 0.3 is 0 Å². The van der Waals surface area contributed by atoms with Crippen LogP contribution in [-0.2, 0) is 5.60 Å². The lowest BCUT2D eigenvalue weighted by Crippen LogP contribution is -2.26. The molecule has 0 aliphatic rings. The van der Waals surface area contributed by atoms with Gasteiger partial charge in [0.05, 0.1) is 5.60 Å².